The Labute approximate surface area is 106 Å². The highest BCUT2D eigenvalue weighted by Gasteiger charge is 2.14. The number of rotatable bonds is 3. The van der Waals surface area contributed by atoms with E-state index in [0.717, 1.165) is 5.01 Å². The monoisotopic (exact) mass is 270 g/mol. The molecule has 0 fully saturated rings. The lowest BCUT2D eigenvalue weighted by atomic mass is 10.2. The summed E-state index contributed by atoms with van der Waals surface area (Å²) in [6.07, 6.45) is 0. The first kappa shape index (κ1) is 11.8. The van der Waals surface area contributed by atoms with Gasteiger partial charge in [0.05, 0.1) is 0 Å². The molecule has 0 atom stereocenters. The fourth-order valence-electron chi connectivity index (χ4n) is 1.17. The molecule has 0 amide bonds. The highest BCUT2D eigenvalue weighted by atomic mass is 35.5. The Morgan fingerprint density at radius 2 is 2.24 bits per heavy atom. The minimum Gasteiger partial charge on any atom is -0.478 e. The van der Waals surface area contributed by atoms with E-state index in [2.05, 4.69) is 10.2 Å². The van der Waals surface area contributed by atoms with Crippen LogP contribution in [0.2, 0.25) is 5.02 Å². The first-order valence-corrected chi connectivity index (χ1v) is 5.76. The van der Waals surface area contributed by atoms with Gasteiger partial charge in [-0.2, -0.15) is 0 Å². The zero-order chi connectivity index (χ0) is 12.4. The molecule has 1 aromatic heterocycles. The van der Waals surface area contributed by atoms with Crippen molar-refractivity contribution in [3.63, 3.8) is 0 Å². The van der Waals surface area contributed by atoms with Crippen LogP contribution in [-0.4, -0.2) is 21.3 Å². The average Bonchev–Trinajstić information content (AvgIpc) is 2.66. The van der Waals surface area contributed by atoms with E-state index in [4.69, 9.17) is 21.4 Å². The lowest BCUT2D eigenvalue weighted by Crippen LogP contribution is -1.99. The number of carboxylic acid groups (broad SMARTS) is 1. The van der Waals surface area contributed by atoms with Gasteiger partial charge in [0.2, 0.25) is 0 Å². The van der Waals surface area contributed by atoms with Crippen LogP contribution in [0.5, 0.6) is 10.9 Å². The lowest BCUT2D eigenvalue weighted by molar-refractivity contribution is 0.0694. The van der Waals surface area contributed by atoms with Gasteiger partial charge in [-0.3, -0.25) is 0 Å². The van der Waals surface area contributed by atoms with Gasteiger partial charge in [-0.05, 0) is 25.1 Å². The van der Waals surface area contributed by atoms with Gasteiger partial charge in [0.25, 0.3) is 5.19 Å². The molecule has 0 spiro atoms. The topological polar surface area (TPSA) is 72.3 Å². The Morgan fingerprint density at radius 1 is 1.47 bits per heavy atom. The Balaban J connectivity index is 2.35. The minimum absolute atomic E-state index is 0.00893. The molecular weight excluding hydrogens is 264 g/mol. The summed E-state index contributed by atoms with van der Waals surface area (Å²) in [5.41, 5.74) is -0.00893. The maximum Gasteiger partial charge on any atom is 0.339 e. The zero-order valence-corrected chi connectivity index (χ0v) is 10.2. The van der Waals surface area contributed by atoms with E-state index in [-0.39, 0.29) is 11.3 Å². The van der Waals surface area contributed by atoms with Crippen LogP contribution in [0.1, 0.15) is 15.4 Å². The summed E-state index contributed by atoms with van der Waals surface area (Å²) < 4.78 is 5.35. The molecule has 0 unspecified atom stereocenters. The third-order valence-corrected chi connectivity index (χ3v) is 2.83. The van der Waals surface area contributed by atoms with Crippen molar-refractivity contribution >= 4 is 28.9 Å². The van der Waals surface area contributed by atoms with Crippen LogP contribution in [0.3, 0.4) is 0 Å². The Hall–Kier alpha value is -1.66. The summed E-state index contributed by atoms with van der Waals surface area (Å²) in [5.74, 6) is -0.915. The van der Waals surface area contributed by atoms with Crippen LogP contribution in [0, 0.1) is 6.92 Å². The summed E-state index contributed by atoms with van der Waals surface area (Å²) in [4.78, 5) is 11.0. The summed E-state index contributed by atoms with van der Waals surface area (Å²) in [5, 5.41) is 17.9. The number of aromatic carboxylic acids is 1. The molecule has 2 aromatic rings. The molecule has 0 bridgehead atoms. The van der Waals surface area contributed by atoms with E-state index in [1.165, 1.54) is 23.5 Å². The second-order valence-electron chi connectivity index (χ2n) is 3.13. The van der Waals surface area contributed by atoms with Crippen molar-refractivity contribution in [3.05, 3.63) is 33.8 Å². The third-order valence-electron chi connectivity index (χ3n) is 1.88. The lowest BCUT2D eigenvalue weighted by Gasteiger charge is -2.05. The maximum atomic E-state index is 11.0. The molecule has 0 aliphatic heterocycles. The number of nitrogens with zero attached hydrogens (tertiary/aromatic N) is 2. The quantitative estimate of drug-likeness (QED) is 0.928. The fourth-order valence-corrected chi connectivity index (χ4v) is 1.89. The molecular formula is C10H7ClN2O3S. The number of carbonyl (C=O) groups is 1. The molecule has 2 rings (SSSR count). The van der Waals surface area contributed by atoms with Crippen molar-refractivity contribution in [2.75, 3.05) is 0 Å². The molecule has 1 aromatic carbocycles. The minimum atomic E-state index is -1.11. The van der Waals surface area contributed by atoms with Crippen LogP contribution < -0.4 is 4.74 Å². The summed E-state index contributed by atoms with van der Waals surface area (Å²) >= 11 is 6.96. The number of hydrogen-bond acceptors (Lipinski definition) is 5. The average molecular weight is 271 g/mol. The second kappa shape index (κ2) is 4.68. The van der Waals surface area contributed by atoms with E-state index in [0.29, 0.717) is 10.2 Å². The van der Waals surface area contributed by atoms with Crippen LogP contribution in [0.4, 0.5) is 0 Å². The molecule has 5 nitrogen and oxygen atoms in total. The second-order valence-corrected chi connectivity index (χ2v) is 4.72. The van der Waals surface area contributed by atoms with Gasteiger partial charge in [0.1, 0.15) is 16.3 Å². The SMILES string of the molecule is Cc1nnc(Oc2ccc(Cl)cc2C(=O)O)s1. The molecule has 0 aliphatic carbocycles. The van der Waals surface area contributed by atoms with Crippen molar-refractivity contribution in [1.82, 2.24) is 10.2 Å². The van der Waals surface area contributed by atoms with Crippen molar-refractivity contribution < 1.29 is 14.6 Å². The normalized spacial score (nSPS) is 10.2. The van der Waals surface area contributed by atoms with Gasteiger partial charge >= 0.3 is 5.97 Å². The number of hydrogen-bond donors (Lipinski definition) is 1. The van der Waals surface area contributed by atoms with Crippen molar-refractivity contribution in [2.45, 2.75) is 6.92 Å². The highest BCUT2D eigenvalue weighted by molar-refractivity contribution is 7.13. The number of aromatic nitrogens is 2. The van der Waals surface area contributed by atoms with E-state index < -0.39 is 5.97 Å². The van der Waals surface area contributed by atoms with Gasteiger partial charge < -0.3 is 9.84 Å². The van der Waals surface area contributed by atoms with Crippen molar-refractivity contribution in [2.24, 2.45) is 0 Å². The van der Waals surface area contributed by atoms with E-state index in [1.807, 2.05) is 0 Å². The smallest absolute Gasteiger partial charge is 0.339 e. The van der Waals surface area contributed by atoms with Gasteiger partial charge in [-0.15, -0.1) is 5.10 Å². The fraction of sp³-hybridized carbons (Fsp3) is 0.100. The Bertz CT molecular complexity index is 570. The summed E-state index contributed by atoms with van der Waals surface area (Å²) in [6, 6.07) is 4.37. The number of ether oxygens (including phenoxy) is 1. The van der Waals surface area contributed by atoms with Gasteiger partial charge in [-0.1, -0.05) is 28.0 Å². The van der Waals surface area contributed by atoms with Gasteiger partial charge in [-0.25, -0.2) is 4.79 Å². The predicted molar refractivity (Wildman–Crippen MR) is 63.1 cm³/mol. The van der Waals surface area contributed by atoms with Gasteiger partial charge in [0.15, 0.2) is 0 Å². The number of carboxylic acids is 1. The Kier molecular flexibility index (Phi) is 3.26. The largest absolute Gasteiger partial charge is 0.478 e. The summed E-state index contributed by atoms with van der Waals surface area (Å²) in [7, 11) is 0. The number of benzene rings is 1. The van der Waals surface area contributed by atoms with Crippen molar-refractivity contribution in [1.29, 1.82) is 0 Å². The summed E-state index contributed by atoms with van der Waals surface area (Å²) in [6.45, 7) is 1.78. The van der Waals surface area contributed by atoms with E-state index in [1.54, 1.807) is 13.0 Å². The molecule has 7 heteroatoms. The first-order valence-electron chi connectivity index (χ1n) is 4.57. The molecule has 0 saturated carbocycles. The molecule has 1 heterocycles. The number of aryl methyl sites for hydroxylation is 1. The van der Waals surface area contributed by atoms with Gasteiger partial charge in [0, 0.05) is 5.02 Å². The van der Waals surface area contributed by atoms with Crippen LogP contribution in [-0.2, 0) is 0 Å². The van der Waals surface area contributed by atoms with Crippen LogP contribution >= 0.6 is 22.9 Å². The molecule has 88 valence electrons. The van der Waals surface area contributed by atoms with Crippen LogP contribution in [0.15, 0.2) is 18.2 Å². The standard InChI is InChI=1S/C10H7ClN2O3S/c1-5-12-13-10(17-5)16-8-3-2-6(11)4-7(8)9(14)15/h2-4H,1H3,(H,14,15). The first-order chi connectivity index (χ1) is 8.06. The maximum absolute atomic E-state index is 11.0. The van der Waals surface area contributed by atoms with E-state index in [9.17, 15) is 4.79 Å². The molecule has 0 radical (unpaired) electrons. The predicted octanol–water partition coefficient (Wildman–Crippen LogP) is 2.99. The zero-order valence-electron chi connectivity index (χ0n) is 8.68. The van der Waals surface area contributed by atoms with Crippen molar-refractivity contribution in [3.8, 4) is 10.9 Å². The van der Waals surface area contributed by atoms with Crippen LogP contribution in [0.25, 0.3) is 0 Å². The molecule has 0 aliphatic rings. The molecule has 1 N–H and O–H groups in total. The van der Waals surface area contributed by atoms with E-state index >= 15 is 0 Å². The number of halogens is 1. The molecule has 0 saturated heterocycles. The third kappa shape index (κ3) is 2.72. The molecule has 17 heavy (non-hydrogen) atoms. The Morgan fingerprint density at radius 3 is 2.82 bits per heavy atom. The highest BCUT2D eigenvalue weighted by Crippen LogP contribution is 2.29.